The molecule has 1 nitrogen and oxygen atoms in total. The van der Waals surface area contributed by atoms with E-state index in [9.17, 15) is 0 Å². The molecule has 0 aliphatic carbocycles. The second-order valence-corrected chi connectivity index (χ2v) is 5.48. The third-order valence-electron chi connectivity index (χ3n) is 2.88. The van der Waals surface area contributed by atoms with E-state index < -0.39 is 0 Å². The maximum atomic E-state index is 6.26. The van der Waals surface area contributed by atoms with Gasteiger partial charge in [0.05, 0.1) is 0 Å². The van der Waals surface area contributed by atoms with Gasteiger partial charge in [-0.3, -0.25) is 0 Å². The molecule has 1 unspecified atom stereocenters. The summed E-state index contributed by atoms with van der Waals surface area (Å²) < 4.78 is 1.24. The van der Waals surface area contributed by atoms with Gasteiger partial charge in [-0.2, -0.15) is 0 Å². The van der Waals surface area contributed by atoms with Crippen LogP contribution in [-0.4, -0.2) is 0 Å². The van der Waals surface area contributed by atoms with Crippen LogP contribution >= 0.6 is 22.6 Å². The lowest BCUT2D eigenvalue weighted by molar-refractivity contribution is 0.718. The van der Waals surface area contributed by atoms with Crippen molar-refractivity contribution in [3.8, 4) is 0 Å². The molecule has 88 valence electrons. The van der Waals surface area contributed by atoms with Crippen molar-refractivity contribution < 1.29 is 0 Å². The highest BCUT2D eigenvalue weighted by molar-refractivity contribution is 14.1. The summed E-state index contributed by atoms with van der Waals surface area (Å²) >= 11 is 2.34. The molecule has 0 radical (unpaired) electrons. The fraction of sp³-hybridized carbons (Fsp3) is 0.200. The number of benzene rings is 2. The fourth-order valence-electron chi connectivity index (χ4n) is 1.86. The van der Waals surface area contributed by atoms with Crippen LogP contribution in [0.25, 0.3) is 0 Å². The first-order valence-corrected chi connectivity index (χ1v) is 6.80. The minimum absolute atomic E-state index is 0.0748. The van der Waals surface area contributed by atoms with Crippen molar-refractivity contribution in [2.45, 2.75) is 19.4 Å². The summed E-state index contributed by atoms with van der Waals surface area (Å²) in [5.41, 5.74) is 10.1. The fourth-order valence-corrected chi connectivity index (χ4v) is 2.65. The van der Waals surface area contributed by atoms with Gasteiger partial charge in [0.15, 0.2) is 0 Å². The van der Waals surface area contributed by atoms with Gasteiger partial charge in [0.25, 0.3) is 0 Å². The van der Waals surface area contributed by atoms with Gasteiger partial charge in [-0.15, -0.1) is 0 Å². The second-order valence-electron chi connectivity index (χ2n) is 4.32. The van der Waals surface area contributed by atoms with E-state index in [4.69, 9.17) is 5.73 Å². The van der Waals surface area contributed by atoms with Crippen molar-refractivity contribution in [1.82, 2.24) is 0 Å². The van der Waals surface area contributed by atoms with E-state index in [0.29, 0.717) is 0 Å². The first-order chi connectivity index (χ1) is 8.16. The van der Waals surface area contributed by atoms with Crippen LogP contribution < -0.4 is 5.73 Å². The molecule has 0 aliphatic rings. The molecule has 0 saturated heterocycles. The van der Waals surface area contributed by atoms with Gasteiger partial charge in [0.2, 0.25) is 0 Å². The smallest absolute Gasteiger partial charge is 0.0346 e. The summed E-state index contributed by atoms with van der Waals surface area (Å²) in [5, 5.41) is 0. The summed E-state index contributed by atoms with van der Waals surface area (Å²) in [4.78, 5) is 0. The molecule has 0 fully saturated rings. The Bertz CT molecular complexity index is 491. The van der Waals surface area contributed by atoms with E-state index in [1.54, 1.807) is 0 Å². The van der Waals surface area contributed by atoms with E-state index in [1.165, 1.54) is 20.3 Å². The van der Waals surface area contributed by atoms with Gasteiger partial charge in [-0.05, 0) is 53.1 Å². The van der Waals surface area contributed by atoms with E-state index >= 15 is 0 Å². The largest absolute Gasteiger partial charge is 0.324 e. The number of aryl methyl sites for hydroxylation is 1. The molecule has 0 bridgehead atoms. The molecular formula is C15H16IN. The Hall–Kier alpha value is -0.870. The zero-order valence-corrected chi connectivity index (χ0v) is 12.0. The van der Waals surface area contributed by atoms with Crippen LogP contribution in [0.3, 0.4) is 0 Å². The van der Waals surface area contributed by atoms with Gasteiger partial charge in [0.1, 0.15) is 0 Å². The highest BCUT2D eigenvalue weighted by atomic mass is 127. The highest BCUT2D eigenvalue weighted by Gasteiger charge is 2.09. The van der Waals surface area contributed by atoms with Crippen LogP contribution in [0.1, 0.15) is 22.7 Å². The molecular weight excluding hydrogens is 321 g/mol. The molecule has 0 aliphatic heterocycles. The molecule has 1 atom stereocenters. The second kappa shape index (κ2) is 5.65. The normalized spacial score (nSPS) is 12.4. The molecule has 0 aromatic heterocycles. The van der Waals surface area contributed by atoms with Gasteiger partial charge >= 0.3 is 0 Å². The topological polar surface area (TPSA) is 26.0 Å². The number of hydrogen-bond acceptors (Lipinski definition) is 1. The van der Waals surface area contributed by atoms with Crippen molar-refractivity contribution >= 4 is 22.6 Å². The van der Waals surface area contributed by atoms with Crippen molar-refractivity contribution in [2.24, 2.45) is 5.73 Å². The zero-order valence-electron chi connectivity index (χ0n) is 9.86. The van der Waals surface area contributed by atoms with Gasteiger partial charge in [-0.1, -0.05) is 48.0 Å². The number of hydrogen-bond donors (Lipinski definition) is 1. The maximum Gasteiger partial charge on any atom is 0.0346 e. The van der Waals surface area contributed by atoms with Crippen LogP contribution in [0.5, 0.6) is 0 Å². The molecule has 2 rings (SSSR count). The van der Waals surface area contributed by atoms with Crippen LogP contribution in [-0.2, 0) is 6.42 Å². The standard InChI is InChI=1S/C15H16IN/c1-11-6-8-12(9-7-11)10-15(17)13-4-2-3-5-14(13)16/h2-9,15H,10,17H2,1H3. The van der Waals surface area contributed by atoms with E-state index in [-0.39, 0.29) is 6.04 Å². The molecule has 2 aromatic carbocycles. The highest BCUT2D eigenvalue weighted by Crippen LogP contribution is 2.21. The van der Waals surface area contributed by atoms with Crippen LogP contribution in [0.15, 0.2) is 48.5 Å². The molecule has 17 heavy (non-hydrogen) atoms. The van der Waals surface area contributed by atoms with Gasteiger partial charge in [-0.25, -0.2) is 0 Å². The van der Waals surface area contributed by atoms with Crippen molar-refractivity contribution in [3.05, 3.63) is 68.8 Å². The predicted octanol–water partition coefficient (Wildman–Crippen LogP) is 3.84. The van der Waals surface area contributed by atoms with Crippen molar-refractivity contribution in [1.29, 1.82) is 0 Å². The van der Waals surface area contributed by atoms with Crippen LogP contribution in [0.2, 0.25) is 0 Å². The minimum atomic E-state index is 0.0748. The molecule has 0 spiro atoms. The lowest BCUT2D eigenvalue weighted by Gasteiger charge is -2.14. The molecule has 0 saturated carbocycles. The van der Waals surface area contributed by atoms with E-state index in [1.807, 2.05) is 12.1 Å². The summed E-state index contributed by atoms with van der Waals surface area (Å²) in [5.74, 6) is 0. The lowest BCUT2D eigenvalue weighted by atomic mass is 9.99. The average Bonchev–Trinajstić information content (AvgIpc) is 2.32. The number of rotatable bonds is 3. The Morgan fingerprint density at radius 3 is 2.35 bits per heavy atom. The van der Waals surface area contributed by atoms with E-state index in [0.717, 1.165) is 6.42 Å². The zero-order chi connectivity index (χ0) is 12.3. The SMILES string of the molecule is Cc1ccc(CC(N)c2ccccc2I)cc1. The van der Waals surface area contributed by atoms with Gasteiger partial charge in [0, 0.05) is 9.61 Å². The summed E-state index contributed by atoms with van der Waals surface area (Å²) in [6.45, 7) is 2.10. The third kappa shape index (κ3) is 3.30. The third-order valence-corrected chi connectivity index (χ3v) is 3.86. The predicted molar refractivity (Wildman–Crippen MR) is 81.0 cm³/mol. The van der Waals surface area contributed by atoms with E-state index in [2.05, 4.69) is 65.9 Å². The molecule has 0 heterocycles. The quantitative estimate of drug-likeness (QED) is 0.846. The Morgan fingerprint density at radius 1 is 1.06 bits per heavy atom. The average molecular weight is 337 g/mol. The van der Waals surface area contributed by atoms with Gasteiger partial charge < -0.3 is 5.73 Å². The molecule has 2 heteroatoms. The number of nitrogens with two attached hydrogens (primary N) is 1. The summed E-state index contributed by atoms with van der Waals surface area (Å²) in [6, 6.07) is 17.0. The molecule has 0 amide bonds. The first-order valence-electron chi connectivity index (χ1n) is 5.72. The van der Waals surface area contributed by atoms with Crippen LogP contribution in [0.4, 0.5) is 0 Å². The minimum Gasteiger partial charge on any atom is -0.324 e. The molecule has 2 N–H and O–H groups in total. The Morgan fingerprint density at radius 2 is 1.71 bits per heavy atom. The summed E-state index contributed by atoms with van der Waals surface area (Å²) in [6.07, 6.45) is 0.889. The Labute approximate surface area is 116 Å². The van der Waals surface area contributed by atoms with Crippen molar-refractivity contribution in [2.75, 3.05) is 0 Å². The number of halogens is 1. The van der Waals surface area contributed by atoms with Crippen LogP contribution in [0, 0.1) is 10.5 Å². The first kappa shape index (κ1) is 12.6. The summed E-state index contributed by atoms with van der Waals surface area (Å²) in [7, 11) is 0. The molecule has 2 aromatic rings. The maximum absolute atomic E-state index is 6.26. The monoisotopic (exact) mass is 337 g/mol. The Balaban J connectivity index is 2.14. The van der Waals surface area contributed by atoms with Crippen molar-refractivity contribution in [3.63, 3.8) is 0 Å². The Kier molecular flexibility index (Phi) is 4.18. The lowest BCUT2D eigenvalue weighted by Crippen LogP contribution is -2.14.